The molecule has 0 aliphatic rings. The van der Waals surface area contributed by atoms with Crippen LogP contribution < -0.4 is 14.2 Å². The fourth-order valence-electron chi connectivity index (χ4n) is 5.09. The van der Waals surface area contributed by atoms with Gasteiger partial charge in [0, 0.05) is 18.9 Å². The molecule has 3 rings (SSSR count). The molecule has 0 heterocycles. The van der Waals surface area contributed by atoms with Crippen molar-refractivity contribution in [2.75, 3.05) is 33.0 Å². The van der Waals surface area contributed by atoms with Crippen LogP contribution in [0.15, 0.2) is 54.6 Å². The van der Waals surface area contributed by atoms with E-state index in [-0.39, 0.29) is 29.9 Å². The Morgan fingerprint density at radius 2 is 1.30 bits per heavy atom. The van der Waals surface area contributed by atoms with Crippen molar-refractivity contribution < 1.29 is 43.5 Å². The van der Waals surface area contributed by atoms with Crippen molar-refractivity contribution in [3.05, 3.63) is 65.7 Å². The number of phenolic OH excluding ortho intramolecular Hbond substituents is 2. The number of carbonyl (C=O) groups excluding carboxylic acids is 2. The summed E-state index contributed by atoms with van der Waals surface area (Å²) >= 11 is 0. The number of esters is 2. The maximum atomic E-state index is 12.1. The quantitative estimate of drug-likeness (QED) is 0.0693. The Labute approximate surface area is 272 Å². The molecule has 9 nitrogen and oxygen atoms in total. The number of carbonyl (C=O) groups is 2. The zero-order valence-corrected chi connectivity index (χ0v) is 27.3. The Hall–Kier alpha value is -4.40. The van der Waals surface area contributed by atoms with Crippen LogP contribution in [0.5, 0.6) is 28.7 Å². The van der Waals surface area contributed by atoms with Gasteiger partial charge in [-0.25, -0.2) is 0 Å². The van der Waals surface area contributed by atoms with Crippen LogP contribution in [-0.4, -0.2) is 55.2 Å². The van der Waals surface area contributed by atoms with E-state index in [1.54, 1.807) is 19.9 Å². The molecular weight excluding hydrogens is 588 g/mol. The molecule has 0 radical (unpaired) electrons. The minimum absolute atomic E-state index is 0.169. The van der Waals surface area contributed by atoms with Crippen molar-refractivity contribution in [2.24, 2.45) is 0 Å². The van der Waals surface area contributed by atoms with E-state index in [2.05, 4.69) is 6.07 Å². The molecule has 46 heavy (non-hydrogen) atoms. The standard InChI is InChI=1S/C37H48O9/c1-4-42-30-23-29(28-17-19-33(38)34(39)25-28)24-31(26-30)45-21-10-8-7-9-13-27-14-11-15-35(32(27)18-20-37(41)44-6-3)46-22-12-16-36(40)43-5-2/h11,14-15,17,19,23-26,38-39H,4-10,12-13,16,18,20-22H2,1-3H3. The second-order valence-corrected chi connectivity index (χ2v) is 10.8. The Balaban J connectivity index is 1.52. The fourth-order valence-corrected chi connectivity index (χ4v) is 5.09. The highest BCUT2D eigenvalue weighted by Gasteiger charge is 2.14. The first kappa shape index (κ1) is 36.1. The van der Waals surface area contributed by atoms with E-state index in [0.717, 1.165) is 60.1 Å². The number of unbranched alkanes of at least 4 members (excludes halogenated alkanes) is 3. The predicted molar refractivity (Wildman–Crippen MR) is 177 cm³/mol. The van der Waals surface area contributed by atoms with Crippen molar-refractivity contribution in [1.82, 2.24) is 0 Å². The van der Waals surface area contributed by atoms with Crippen molar-refractivity contribution in [1.29, 1.82) is 0 Å². The molecule has 250 valence electrons. The molecule has 0 bridgehead atoms. The van der Waals surface area contributed by atoms with Crippen LogP contribution in [0.4, 0.5) is 0 Å². The molecule has 3 aromatic rings. The predicted octanol–water partition coefficient (Wildman–Crippen LogP) is 7.56. The summed E-state index contributed by atoms with van der Waals surface area (Å²) in [4.78, 5) is 23.8. The van der Waals surface area contributed by atoms with E-state index >= 15 is 0 Å². The van der Waals surface area contributed by atoms with E-state index < -0.39 is 0 Å². The molecule has 0 saturated heterocycles. The van der Waals surface area contributed by atoms with Gasteiger partial charge in [-0.05, 0) is 105 Å². The van der Waals surface area contributed by atoms with Gasteiger partial charge in [-0.15, -0.1) is 0 Å². The minimum Gasteiger partial charge on any atom is -0.504 e. The van der Waals surface area contributed by atoms with E-state index in [0.29, 0.717) is 63.8 Å². The second-order valence-electron chi connectivity index (χ2n) is 10.8. The van der Waals surface area contributed by atoms with Crippen LogP contribution >= 0.6 is 0 Å². The lowest BCUT2D eigenvalue weighted by Crippen LogP contribution is -2.10. The summed E-state index contributed by atoms with van der Waals surface area (Å²) < 4.78 is 28.0. The third-order valence-corrected chi connectivity index (χ3v) is 7.31. The van der Waals surface area contributed by atoms with Crippen LogP contribution in [0.2, 0.25) is 0 Å². The van der Waals surface area contributed by atoms with Crippen LogP contribution in [0.25, 0.3) is 11.1 Å². The number of hydrogen-bond donors (Lipinski definition) is 2. The molecule has 0 aromatic heterocycles. The van der Waals surface area contributed by atoms with Gasteiger partial charge in [-0.3, -0.25) is 9.59 Å². The lowest BCUT2D eigenvalue weighted by Gasteiger charge is -2.16. The number of hydrogen-bond acceptors (Lipinski definition) is 9. The van der Waals surface area contributed by atoms with Gasteiger partial charge in [0.2, 0.25) is 0 Å². The van der Waals surface area contributed by atoms with Crippen LogP contribution in [0.3, 0.4) is 0 Å². The maximum absolute atomic E-state index is 12.1. The number of phenols is 2. The first-order valence-electron chi connectivity index (χ1n) is 16.3. The number of rotatable bonds is 21. The second kappa shape index (κ2) is 19.9. The lowest BCUT2D eigenvalue weighted by molar-refractivity contribution is -0.144. The number of aromatic hydroxyl groups is 2. The summed E-state index contributed by atoms with van der Waals surface area (Å²) in [5, 5.41) is 19.6. The number of aryl methyl sites for hydroxylation is 1. The largest absolute Gasteiger partial charge is 0.504 e. The molecule has 0 spiro atoms. The van der Waals surface area contributed by atoms with Crippen molar-refractivity contribution in [3.63, 3.8) is 0 Å². The zero-order chi connectivity index (χ0) is 33.1. The van der Waals surface area contributed by atoms with Gasteiger partial charge in [0.05, 0.1) is 33.0 Å². The number of benzene rings is 3. The van der Waals surface area contributed by atoms with Gasteiger partial charge in [0.1, 0.15) is 17.2 Å². The first-order valence-corrected chi connectivity index (χ1v) is 16.3. The molecule has 0 unspecified atom stereocenters. The topological polar surface area (TPSA) is 121 Å². The maximum Gasteiger partial charge on any atom is 0.306 e. The summed E-state index contributed by atoms with van der Waals surface area (Å²) in [7, 11) is 0. The van der Waals surface area contributed by atoms with Gasteiger partial charge in [0.25, 0.3) is 0 Å². The van der Waals surface area contributed by atoms with Gasteiger partial charge in [0.15, 0.2) is 11.5 Å². The van der Waals surface area contributed by atoms with Gasteiger partial charge >= 0.3 is 11.9 Å². The molecule has 0 aliphatic heterocycles. The Kier molecular flexibility index (Phi) is 15.6. The third kappa shape index (κ3) is 12.2. The summed E-state index contributed by atoms with van der Waals surface area (Å²) in [6.45, 7) is 7.68. The summed E-state index contributed by atoms with van der Waals surface area (Å²) in [5.41, 5.74) is 3.74. The first-order chi connectivity index (χ1) is 22.3. The zero-order valence-electron chi connectivity index (χ0n) is 27.3. The van der Waals surface area contributed by atoms with Crippen LogP contribution in [-0.2, 0) is 31.9 Å². The lowest BCUT2D eigenvalue weighted by atomic mass is 9.96. The van der Waals surface area contributed by atoms with Gasteiger partial charge in [-0.2, -0.15) is 0 Å². The average Bonchev–Trinajstić information content (AvgIpc) is 3.03. The molecule has 0 aliphatic carbocycles. The van der Waals surface area contributed by atoms with Gasteiger partial charge in [-0.1, -0.05) is 31.0 Å². The molecule has 9 heteroatoms. The highest BCUT2D eigenvalue weighted by molar-refractivity contribution is 5.71. The summed E-state index contributed by atoms with van der Waals surface area (Å²) in [6, 6.07) is 16.3. The van der Waals surface area contributed by atoms with Gasteiger partial charge < -0.3 is 33.9 Å². The van der Waals surface area contributed by atoms with E-state index in [1.165, 1.54) is 12.1 Å². The van der Waals surface area contributed by atoms with Crippen molar-refractivity contribution >= 4 is 11.9 Å². The third-order valence-electron chi connectivity index (χ3n) is 7.31. The normalized spacial score (nSPS) is 10.8. The minimum atomic E-state index is -0.231. The molecule has 0 saturated carbocycles. The Morgan fingerprint density at radius 3 is 2.02 bits per heavy atom. The highest BCUT2D eigenvalue weighted by Crippen LogP contribution is 2.35. The molecule has 0 atom stereocenters. The Morgan fingerprint density at radius 1 is 0.609 bits per heavy atom. The van der Waals surface area contributed by atoms with Crippen LogP contribution in [0, 0.1) is 0 Å². The molecule has 0 fully saturated rings. The average molecular weight is 637 g/mol. The fraction of sp³-hybridized carbons (Fsp3) is 0.459. The van der Waals surface area contributed by atoms with Crippen molar-refractivity contribution in [3.8, 4) is 39.9 Å². The molecule has 2 N–H and O–H groups in total. The molecular formula is C37H48O9. The molecule has 0 amide bonds. The van der Waals surface area contributed by atoms with Crippen LogP contribution in [0.1, 0.15) is 76.8 Å². The number of ether oxygens (including phenoxy) is 5. The van der Waals surface area contributed by atoms with E-state index in [1.807, 2.05) is 37.3 Å². The monoisotopic (exact) mass is 636 g/mol. The molecule has 3 aromatic carbocycles. The Bertz CT molecular complexity index is 1390. The highest BCUT2D eigenvalue weighted by atomic mass is 16.5. The SMILES string of the molecule is CCOC(=O)CCCOc1cccc(CCCCCCOc2cc(OCC)cc(-c3ccc(O)c(O)c3)c2)c1CCC(=O)OCC. The van der Waals surface area contributed by atoms with E-state index in [4.69, 9.17) is 23.7 Å². The van der Waals surface area contributed by atoms with E-state index in [9.17, 15) is 19.8 Å². The summed E-state index contributed by atoms with van der Waals surface area (Å²) in [5.74, 6) is 1.29. The smallest absolute Gasteiger partial charge is 0.306 e. The van der Waals surface area contributed by atoms with Crippen molar-refractivity contribution in [2.45, 2.75) is 78.6 Å². The summed E-state index contributed by atoms with van der Waals surface area (Å²) in [6.07, 6.45) is 6.40.